The van der Waals surface area contributed by atoms with E-state index in [0.717, 1.165) is 11.5 Å². The molecule has 5 heterocycles. The van der Waals surface area contributed by atoms with E-state index < -0.39 is 0 Å². The highest BCUT2D eigenvalue weighted by Crippen LogP contribution is 2.34. The van der Waals surface area contributed by atoms with Crippen molar-refractivity contribution >= 4 is 90.7 Å². The molecule has 0 aliphatic carbocycles. The maximum atomic E-state index is 6.66. The van der Waals surface area contributed by atoms with Crippen LogP contribution in [0.1, 0.15) is 0 Å². The third-order valence-corrected chi connectivity index (χ3v) is 9.66. The average molecular weight is 519 g/mol. The summed E-state index contributed by atoms with van der Waals surface area (Å²) in [5.41, 5.74) is 11.6. The van der Waals surface area contributed by atoms with Crippen molar-refractivity contribution in [1.82, 2.24) is 4.57 Å². The number of nitrogens with zero attached hydrogens (tertiary/aromatic N) is 1. The van der Waals surface area contributed by atoms with Crippen molar-refractivity contribution in [2.75, 3.05) is 0 Å². The average Bonchev–Trinajstić information content (AvgIpc) is 3.73. The fourth-order valence-electron chi connectivity index (χ4n) is 6.73. The van der Waals surface area contributed by atoms with E-state index in [0.29, 0.717) is 0 Å². The summed E-state index contributed by atoms with van der Waals surface area (Å²) in [6.07, 6.45) is 0. The van der Waals surface area contributed by atoms with E-state index in [1.807, 2.05) is 0 Å². The maximum Gasteiger partial charge on any atom is 0.252 e. The minimum absolute atomic E-state index is 0.139. The smallest absolute Gasteiger partial charge is 0.252 e. The second-order valence-corrected chi connectivity index (χ2v) is 11.7. The number of aromatic nitrogens is 1. The predicted octanol–water partition coefficient (Wildman–Crippen LogP) is 4.36. The van der Waals surface area contributed by atoms with Gasteiger partial charge in [-0.05, 0) is 67.6 Å². The van der Waals surface area contributed by atoms with Gasteiger partial charge in [0.1, 0.15) is 11.5 Å². The summed E-state index contributed by atoms with van der Waals surface area (Å²) >= 11 is 3.52. The molecule has 0 bridgehead atoms. The van der Waals surface area contributed by atoms with Gasteiger partial charge in [0.25, 0.3) is 6.71 Å². The highest BCUT2D eigenvalue weighted by molar-refractivity contribution is 7.11. The van der Waals surface area contributed by atoms with Gasteiger partial charge >= 0.3 is 0 Å². The van der Waals surface area contributed by atoms with Gasteiger partial charge in [0.05, 0.1) is 5.52 Å². The highest BCUT2D eigenvalue weighted by Gasteiger charge is 2.38. The summed E-state index contributed by atoms with van der Waals surface area (Å²) in [6.45, 7) is 0.294. The second kappa shape index (κ2) is 7.76. The van der Waals surface area contributed by atoms with Crippen LogP contribution in [-0.4, -0.2) is 18.0 Å². The van der Waals surface area contributed by atoms with Gasteiger partial charge in [0.15, 0.2) is 0 Å². The Balaban J connectivity index is 1.42. The molecule has 0 saturated heterocycles. The lowest BCUT2D eigenvalue weighted by Gasteiger charge is -2.31. The molecule has 0 N–H and O–H groups in total. The third-order valence-electron chi connectivity index (χ3n) is 8.26. The summed E-state index contributed by atoms with van der Waals surface area (Å²) in [7, 11) is 0. The Kier molecular flexibility index (Phi) is 4.29. The minimum Gasteiger partial charge on any atom is -0.458 e. The first-order valence-electron chi connectivity index (χ1n) is 12.9. The maximum absolute atomic E-state index is 6.66. The van der Waals surface area contributed by atoms with Gasteiger partial charge in [0, 0.05) is 22.0 Å². The number of hydrogen-bond donors (Lipinski definition) is 0. The van der Waals surface area contributed by atoms with Crippen LogP contribution in [0.2, 0.25) is 0 Å². The lowest BCUT2D eigenvalue weighted by molar-refractivity contribution is 0.488. The highest BCUT2D eigenvalue weighted by atomic mass is 32.1. The molecule has 2 nitrogen and oxygen atoms in total. The molecule has 2 aliphatic heterocycles. The predicted molar refractivity (Wildman–Crippen MR) is 165 cm³/mol. The zero-order valence-electron chi connectivity index (χ0n) is 20.3. The van der Waals surface area contributed by atoms with E-state index in [1.165, 1.54) is 60.3 Å². The van der Waals surface area contributed by atoms with Crippen LogP contribution < -0.4 is 37.5 Å². The van der Waals surface area contributed by atoms with Crippen molar-refractivity contribution in [2.45, 2.75) is 0 Å². The van der Waals surface area contributed by atoms with Crippen molar-refractivity contribution in [3.8, 4) is 17.2 Å². The van der Waals surface area contributed by atoms with Crippen molar-refractivity contribution in [2.24, 2.45) is 0 Å². The molecule has 3 aromatic heterocycles. The third kappa shape index (κ3) is 2.74. The molecule has 7 aromatic rings. The van der Waals surface area contributed by atoms with Crippen molar-refractivity contribution in [1.29, 1.82) is 0 Å². The van der Waals surface area contributed by atoms with Crippen LogP contribution in [0.25, 0.3) is 27.5 Å². The van der Waals surface area contributed by atoms with Crippen LogP contribution >= 0.6 is 22.7 Å². The van der Waals surface area contributed by atoms with Crippen LogP contribution in [0.5, 0.6) is 11.5 Å². The van der Waals surface area contributed by atoms with Gasteiger partial charge in [-0.1, -0.05) is 77.7 Å². The number of rotatable bonds is 2. The zero-order chi connectivity index (χ0) is 24.8. The van der Waals surface area contributed by atoms with E-state index in [1.54, 1.807) is 22.7 Å². The van der Waals surface area contributed by atoms with Crippen LogP contribution in [0.3, 0.4) is 0 Å². The molecule has 0 unspecified atom stereocenters. The molecule has 176 valence electrons. The minimum atomic E-state index is 0.139. The Hall–Kier alpha value is -3.99. The van der Waals surface area contributed by atoms with E-state index >= 15 is 0 Å². The largest absolute Gasteiger partial charge is 0.458 e. The summed E-state index contributed by atoms with van der Waals surface area (Å²) in [5.74, 6) is 1.92. The van der Waals surface area contributed by atoms with Gasteiger partial charge < -0.3 is 9.30 Å². The molecule has 0 fully saturated rings. The van der Waals surface area contributed by atoms with E-state index in [-0.39, 0.29) is 13.4 Å². The first-order chi connectivity index (χ1) is 18.9. The van der Waals surface area contributed by atoms with Crippen LogP contribution in [0.15, 0.2) is 113 Å². The first kappa shape index (κ1) is 21.0. The van der Waals surface area contributed by atoms with Gasteiger partial charge in [-0.25, -0.2) is 0 Å². The summed E-state index contributed by atoms with van der Waals surface area (Å²) in [5, 5.41) is 11.6. The molecule has 6 heteroatoms. The van der Waals surface area contributed by atoms with E-state index in [2.05, 4.69) is 117 Å². The van der Waals surface area contributed by atoms with Crippen LogP contribution in [-0.2, 0) is 0 Å². The summed E-state index contributed by atoms with van der Waals surface area (Å²) in [6, 6.07) is 33.4. The van der Waals surface area contributed by atoms with Crippen LogP contribution in [0.4, 0.5) is 0 Å². The van der Waals surface area contributed by atoms with Crippen molar-refractivity contribution < 1.29 is 4.74 Å². The Bertz CT molecular complexity index is 2020. The monoisotopic (exact) mass is 519 g/mol. The molecular weight excluding hydrogens is 500 g/mol. The number of fused-ring (bicyclic) bond motifs is 7. The van der Waals surface area contributed by atoms with Crippen molar-refractivity contribution in [3.63, 3.8) is 0 Å². The molecule has 0 spiro atoms. The first-order valence-corrected chi connectivity index (χ1v) is 14.8. The lowest BCUT2D eigenvalue weighted by atomic mass is 9.33. The molecule has 38 heavy (non-hydrogen) atoms. The number of ether oxygens (including phenoxy) is 1. The van der Waals surface area contributed by atoms with Gasteiger partial charge in [-0.3, -0.25) is 0 Å². The van der Waals surface area contributed by atoms with E-state index in [4.69, 9.17) is 4.74 Å². The number of hydrogen-bond acceptors (Lipinski definition) is 3. The van der Waals surface area contributed by atoms with Gasteiger partial charge in [-0.2, -0.15) is 22.7 Å². The lowest BCUT2D eigenvalue weighted by Crippen LogP contribution is -2.58. The Morgan fingerprint density at radius 2 is 1.29 bits per heavy atom. The molecule has 4 aromatic carbocycles. The molecule has 9 rings (SSSR count). The quantitative estimate of drug-likeness (QED) is 0.310. The Labute approximate surface area is 228 Å². The zero-order valence-corrected chi connectivity index (χ0v) is 21.9. The molecular formula is C32H19B2NOS2. The molecule has 2 aliphatic rings. The van der Waals surface area contributed by atoms with Crippen molar-refractivity contribution in [3.05, 3.63) is 113 Å². The van der Waals surface area contributed by atoms with Crippen LogP contribution in [0, 0.1) is 0 Å². The Morgan fingerprint density at radius 3 is 2.11 bits per heavy atom. The fourth-order valence-corrected chi connectivity index (χ4v) is 8.10. The topological polar surface area (TPSA) is 14.2 Å². The number of benzene rings is 4. The van der Waals surface area contributed by atoms with Gasteiger partial charge in [0.2, 0.25) is 6.71 Å². The molecule has 0 saturated carbocycles. The molecule has 0 radical (unpaired) electrons. The number of para-hydroxylation sites is 3. The second-order valence-electron chi connectivity index (χ2n) is 10.2. The van der Waals surface area contributed by atoms with Gasteiger partial charge in [-0.15, -0.1) is 0 Å². The van der Waals surface area contributed by atoms with E-state index in [9.17, 15) is 0 Å². The SMILES string of the molecule is c1ccc2c(c1)Oc1cc3c(cc1B2c1ccsc1)-n1c2ccccc2c2cccc(c21)B3c1ccsc1. The molecule has 0 atom stereocenters. The summed E-state index contributed by atoms with van der Waals surface area (Å²) in [4.78, 5) is 0. The number of thiophene rings is 2. The normalized spacial score (nSPS) is 13.4. The molecule has 0 amide bonds. The Morgan fingerprint density at radius 1 is 0.579 bits per heavy atom. The fraction of sp³-hybridized carbons (Fsp3) is 0. The standard InChI is InChI=1S/C32H19B2NOS2/c1-3-10-28-22(6-1)23-7-5-9-25-32(23)35(28)29-16-27-31(17-26(29)34(25)21-13-15-38-19-21)36-30-11-4-2-8-24(30)33(27)20-12-14-37-18-20/h1-19H. The summed E-state index contributed by atoms with van der Waals surface area (Å²) < 4.78 is 9.17.